The number of benzene rings is 1. The summed E-state index contributed by atoms with van der Waals surface area (Å²) in [6.07, 6.45) is 6.45. The largest absolute Gasteiger partial charge is 0.504 e. The summed E-state index contributed by atoms with van der Waals surface area (Å²) in [6.45, 7) is 0.490. The van der Waals surface area contributed by atoms with Crippen LogP contribution in [0.15, 0.2) is 30.4 Å². The van der Waals surface area contributed by atoms with Gasteiger partial charge in [0.15, 0.2) is 17.3 Å². The Hall–Kier alpha value is -2.23. The zero-order valence-corrected chi connectivity index (χ0v) is 10.3. The van der Waals surface area contributed by atoms with Gasteiger partial charge in [0.1, 0.15) is 5.76 Å². The molecule has 1 atom stereocenters. The van der Waals surface area contributed by atoms with Crippen LogP contribution in [-0.4, -0.2) is 22.6 Å². The van der Waals surface area contributed by atoms with Crippen molar-refractivity contribution in [2.45, 2.75) is 18.8 Å². The molecule has 4 nitrogen and oxygen atoms in total. The Bertz CT molecular complexity index is 598. The molecule has 0 saturated carbocycles. The summed E-state index contributed by atoms with van der Waals surface area (Å²) < 4.78 is 5.62. The predicted molar refractivity (Wildman–Crippen MR) is 69.8 cm³/mol. The smallest absolute Gasteiger partial charge is 0.182 e. The van der Waals surface area contributed by atoms with Crippen molar-refractivity contribution in [3.8, 4) is 11.5 Å². The van der Waals surface area contributed by atoms with Gasteiger partial charge in [0.2, 0.25) is 0 Å². The van der Waals surface area contributed by atoms with E-state index in [1.165, 1.54) is 18.2 Å². The minimum absolute atomic E-state index is 0.131. The Morgan fingerprint density at radius 3 is 2.84 bits per heavy atom. The van der Waals surface area contributed by atoms with Crippen molar-refractivity contribution in [2.24, 2.45) is 0 Å². The summed E-state index contributed by atoms with van der Waals surface area (Å²) in [6, 6.07) is 3.03. The first-order valence-corrected chi connectivity index (χ1v) is 6.26. The lowest BCUT2D eigenvalue weighted by atomic mass is 9.87. The molecule has 0 radical (unpaired) electrons. The topological polar surface area (TPSA) is 66.8 Å². The van der Waals surface area contributed by atoms with Crippen LogP contribution >= 0.6 is 0 Å². The molecule has 1 aromatic carbocycles. The van der Waals surface area contributed by atoms with E-state index >= 15 is 0 Å². The van der Waals surface area contributed by atoms with Gasteiger partial charge in [-0.05, 0) is 36.6 Å². The molecule has 4 heteroatoms. The van der Waals surface area contributed by atoms with Gasteiger partial charge < -0.3 is 14.9 Å². The standard InChI is InChI=1S/C15H14O4/c16-10-4-2-1-3-9-8-19-15(5-10)12-7-14(18)13(17)6-11(9)12/h2,4-7,9,17-18H,1,3,8H2/b4-2-,15-5?. The average Bonchev–Trinajstić information content (AvgIpc) is 2.39. The minimum Gasteiger partial charge on any atom is -0.504 e. The van der Waals surface area contributed by atoms with Crippen LogP contribution in [0.4, 0.5) is 0 Å². The number of rotatable bonds is 0. The van der Waals surface area contributed by atoms with E-state index in [-0.39, 0.29) is 23.2 Å². The van der Waals surface area contributed by atoms with Crippen LogP contribution in [-0.2, 0) is 9.53 Å². The Kier molecular flexibility index (Phi) is 2.78. The van der Waals surface area contributed by atoms with Crippen molar-refractivity contribution in [2.75, 3.05) is 6.61 Å². The normalized spacial score (nSPS) is 23.3. The van der Waals surface area contributed by atoms with Crippen molar-refractivity contribution in [1.82, 2.24) is 0 Å². The zero-order valence-electron chi connectivity index (χ0n) is 10.3. The van der Waals surface area contributed by atoms with E-state index in [9.17, 15) is 15.0 Å². The summed E-state index contributed by atoms with van der Waals surface area (Å²) in [5.41, 5.74) is 1.62. The molecule has 0 fully saturated rings. The number of ketones is 1. The number of carbonyl (C=O) groups is 1. The molecule has 3 rings (SSSR count). The van der Waals surface area contributed by atoms with Crippen molar-refractivity contribution < 1.29 is 19.7 Å². The van der Waals surface area contributed by atoms with E-state index in [1.54, 1.807) is 6.07 Å². The predicted octanol–water partition coefficient (Wildman–Crippen LogP) is 2.47. The van der Waals surface area contributed by atoms with Crippen molar-refractivity contribution >= 4 is 11.5 Å². The van der Waals surface area contributed by atoms with E-state index < -0.39 is 0 Å². The second-order valence-electron chi connectivity index (χ2n) is 4.83. The molecule has 1 aromatic rings. The molecular weight excluding hydrogens is 244 g/mol. The molecule has 2 aliphatic rings. The maximum Gasteiger partial charge on any atom is 0.182 e. The molecule has 2 N–H and O–H groups in total. The highest BCUT2D eigenvalue weighted by Crippen LogP contribution is 2.41. The van der Waals surface area contributed by atoms with Gasteiger partial charge in [-0.2, -0.15) is 0 Å². The first-order chi connectivity index (χ1) is 9.15. The molecular formula is C15H14O4. The summed E-state index contributed by atoms with van der Waals surface area (Å²) in [5, 5.41) is 19.3. The highest BCUT2D eigenvalue weighted by Gasteiger charge is 2.27. The molecule has 19 heavy (non-hydrogen) atoms. The number of phenols is 2. The van der Waals surface area contributed by atoms with Crippen LogP contribution in [0, 0.1) is 0 Å². The van der Waals surface area contributed by atoms with Gasteiger partial charge in [0.25, 0.3) is 0 Å². The lowest BCUT2D eigenvalue weighted by Crippen LogP contribution is -2.17. The number of hydrogen-bond donors (Lipinski definition) is 2. The number of phenolic OH excluding ortho intramolecular Hbond substituents is 2. The van der Waals surface area contributed by atoms with Gasteiger partial charge in [-0.15, -0.1) is 0 Å². The van der Waals surface area contributed by atoms with E-state index in [4.69, 9.17) is 4.74 Å². The number of fused-ring (bicyclic) bond motifs is 6. The molecule has 0 aliphatic carbocycles. The van der Waals surface area contributed by atoms with E-state index in [2.05, 4.69) is 0 Å². The zero-order chi connectivity index (χ0) is 13.4. The van der Waals surface area contributed by atoms with Gasteiger partial charge in [-0.3, -0.25) is 4.79 Å². The highest BCUT2D eigenvalue weighted by atomic mass is 16.5. The van der Waals surface area contributed by atoms with Gasteiger partial charge in [-0.25, -0.2) is 0 Å². The molecule has 2 heterocycles. The van der Waals surface area contributed by atoms with Crippen LogP contribution in [0.2, 0.25) is 0 Å². The Morgan fingerprint density at radius 2 is 2.00 bits per heavy atom. The number of ether oxygens (including phenoxy) is 1. The van der Waals surface area contributed by atoms with Gasteiger partial charge in [0, 0.05) is 17.6 Å². The second-order valence-corrected chi connectivity index (χ2v) is 4.83. The highest BCUT2D eigenvalue weighted by molar-refractivity contribution is 6.03. The Balaban J connectivity index is 2.20. The number of aromatic hydroxyl groups is 2. The molecule has 1 unspecified atom stereocenters. The molecule has 2 bridgehead atoms. The number of hydrogen-bond acceptors (Lipinski definition) is 4. The number of allylic oxidation sites excluding steroid dienone is 3. The lowest BCUT2D eigenvalue weighted by molar-refractivity contribution is -0.110. The third kappa shape index (κ3) is 2.10. The van der Waals surface area contributed by atoms with Crippen LogP contribution in [0.5, 0.6) is 11.5 Å². The number of carbonyl (C=O) groups excluding carboxylic acids is 1. The second kappa shape index (κ2) is 4.46. The fraction of sp³-hybridized carbons (Fsp3) is 0.267. The maximum atomic E-state index is 11.7. The molecule has 2 aliphatic heterocycles. The maximum absolute atomic E-state index is 11.7. The monoisotopic (exact) mass is 258 g/mol. The lowest BCUT2D eigenvalue weighted by Gasteiger charge is -2.28. The van der Waals surface area contributed by atoms with E-state index in [0.29, 0.717) is 17.9 Å². The van der Waals surface area contributed by atoms with Crippen molar-refractivity contribution in [3.63, 3.8) is 0 Å². The van der Waals surface area contributed by atoms with Gasteiger partial charge in [0.05, 0.1) is 6.61 Å². The van der Waals surface area contributed by atoms with Crippen LogP contribution in [0.25, 0.3) is 5.76 Å². The molecule has 0 saturated heterocycles. The first-order valence-electron chi connectivity index (χ1n) is 6.26. The van der Waals surface area contributed by atoms with E-state index in [0.717, 1.165) is 18.4 Å². The third-order valence-electron chi connectivity index (χ3n) is 3.53. The quantitative estimate of drug-likeness (QED) is 0.701. The summed E-state index contributed by atoms with van der Waals surface area (Å²) >= 11 is 0. The van der Waals surface area contributed by atoms with Crippen molar-refractivity contribution in [3.05, 3.63) is 41.5 Å². The fourth-order valence-electron chi connectivity index (χ4n) is 2.53. The summed E-state index contributed by atoms with van der Waals surface area (Å²) in [4.78, 5) is 11.7. The Labute approximate surface area is 110 Å². The SMILES string of the molecule is O=C1C=C2OCC(CC/C=C\1)c1cc(O)c(O)cc12. The summed E-state index contributed by atoms with van der Waals surface area (Å²) in [7, 11) is 0. The van der Waals surface area contributed by atoms with Crippen molar-refractivity contribution in [1.29, 1.82) is 0 Å². The molecule has 0 amide bonds. The average molecular weight is 258 g/mol. The van der Waals surface area contributed by atoms with Gasteiger partial charge in [-0.1, -0.05) is 6.08 Å². The molecule has 0 aromatic heterocycles. The molecule has 0 spiro atoms. The van der Waals surface area contributed by atoms with Crippen LogP contribution in [0.3, 0.4) is 0 Å². The fourth-order valence-corrected chi connectivity index (χ4v) is 2.53. The third-order valence-corrected chi connectivity index (χ3v) is 3.53. The minimum atomic E-state index is -0.200. The van der Waals surface area contributed by atoms with E-state index in [1.807, 2.05) is 6.08 Å². The Morgan fingerprint density at radius 1 is 1.21 bits per heavy atom. The van der Waals surface area contributed by atoms with Crippen LogP contribution < -0.4 is 0 Å². The summed E-state index contributed by atoms with van der Waals surface area (Å²) in [5.74, 6) is 0.154. The van der Waals surface area contributed by atoms with Crippen LogP contribution in [0.1, 0.15) is 29.9 Å². The first kappa shape index (κ1) is 11.8. The molecule has 98 valence electrons. The van der Waals surface area contributed by atoms with Gasteiger partial charge >= 0.3 is 0 Å².